The lowest BCUT2D eigenvalue weighted by molar-refractivity contribution is 0.222. The Hall–Kier alpha value is -0.890. The SMILES string of the molecule is CCNC(Cc1ccc(F)cc1)C1CCCC(C)C1. The maximum atomic E-state index is 13.0. The topological polar surface area (TPSA) is 12.0 Å². The van der Waals surface area contributed by atoms with E-state index in [1.807, 2.05) is 12.1 Å². The minimum Gasteiger partial charge on any atom is -0.314 e. The van der Waals surface area contributed by atoms with Crippen LogP contribution in [0.3, 0.4) is 0 Å². The highest BCUT2D eigenvalue weighted by atomic mass is 19.1. The number of halogens is 1. The Morgan fingerprint density at radius 1 is 1.26 bits per heavy atom. The molecule has 2 heteroatoms. The second kappa shape index (κ2) is 7.04. The fourth-order valence-electron chi connectivity index (χ4n) is 3.39. The molecule has 0 aromatic heterocycles. The summed E-state index contributed by atoms with van der Waals surface area (Å²) in [5, 5.41) is 3.64. The molecule has 0 bridgehead atoms. The molecule has 0 amide bonds. The van der Waals surface area contributed by atoms with Crippen molar-refractivity contribution in [1.82, 2.24) is 5.32 Å². The van der Waals surface area contributed by atoms with E-state index in [2.05, 4.69) is 19.2 Å². The van der Waals surface area contributed by atoms with Crippen LogP contribution in [-0.4, -0.2) is 12.6 Å². The molecule has 106 valence electrons. The first-order chi connectivity index (χ1) is 9.19. The molecule has 1 aromatic rings. The Kier molecular flexibility index (Phi) is 5.38. The summed E-state index contributed by atoms with van der Waals surface area (Å²) in [6.07, 6.45) is 6.43. The van der Waals surface area contributed by atoms with Crippen molar-refractivity contribution in [1.29, 1.82) is 0 Å². The Morgan fingerprint density at radius 2 is 2.00 bits per heavy atom. The van der Waals surface area contributed by atoms with Crippen LogP contribution in [0.2, 0.25) is 0 Å². The first-order valence-corrected chi connectivity index (χ1v) is 7.67. The van der Waals surface area contributed by atoms with Gasteiger partial charge in [-0.3, -0.25) is 0 Å². The molecular weight excluding hydrogens is 237 g/mol. The third-order valence-corrected chi connectivity index (χ3v) is 4.38. The summed E-state index contributed by atoms with van der Waals surface area (Å²) in [5.74, 6) is 1.48. The third-order valence-electron chi connectivity index (χ3n) is 4.38. The first-order valence-electron chi connectivity index (χ1n) is 7.67. The molecule has 1 aliphatic rings. The van der Waals surface area contributed by atoms with Crippen molar-refractivity contribution in [2.24, 2.45) is 11.8 Å². The Bertz CT molecular complexity index is 373. The van der Waals surface area contributed by atoms with Crippen LogP contribution in [0.4, 0.5) is 4.39 Å². The Balaban J connectivity index is 2.00. The Morgan fingerprint density at radius 3 is 2.63 bits per heavy atom. The predicted molar refractivity (Wildman–Crippen MR) is 78.7 cm³/mol. The largest absolute Gasteiger partial charge is 0.314 e. The lowest BCUT2D eigenvalue weighted by Gasteiger charge is -2.34. The van der Waals surface area contributed by atoms with Gasteiger partial charge in [0.15, 0.2) is 0 Å². The van der Waals surface area contributed by atoms with E-state index in [9.17, 15) is 4.39 Å². The average Bonchev–Trinajstić information content (AvgIpc) is 2.41. The van der Waals surface area contributed by atoms with Gasteiger partial charge in [0, 0.05) is 6.04 Å². The second-order valence-electron chi connectivity index (χ2n) is 6.03. The molecule has 3 unspecified atom stereocenters. The van der Waals surface area contributed by atoms with Crippen LogP contribution < -0.4 is 5.32 Å². The van der Waals surface area contributed by atoms with Crippen molar-refractivity contribution < 1.29 is 4.39 Å². The van der Waals surface area contributed by atoms with Gasteiger partial charge in [-0.25, -0.2) is 4.39 Å². The van der Waals surface area contributed by atoms with Gasteiger partial charge in [-0.2, -0.15) is 0 Å². The van der Waals surface area contributed by atoms with Gasteiger partial charge in [-0.1, -0.05) is 38.8 Å². The molecule has 0 spiro atoms. The monoisotopic (exact) mass is 263 g/mol. The zero-order valence-corrected chi connectivity index (χ0v) is 12.2. The van der Waals surface area contributed by atoms with Crippen LogP contribution in [0, 0.1) is 17.7 Å². The molecule has 0 heterocycles. The minimum atomic E-state index is -0.143. The molecule has 0 saturated heterocycles. The first kappa shape index (κ1) is 14.5. The van der Waals surface area contributed by atoms with E-state index in [0.717, 1.165) is 24.8 Å². The lowest BCUT2D eigenvalue weighted by atomic mass is 9.77. The van der Waals surface area contributed by atoms with Gasteiger partial charge < -0.3 is 5.32 Å². The van der Waals surface area contributed by atoms with Gasteiger partial charge in [0.25, 0.3) is 0 Å². The molecule has 1 aromatic carbocycles. The average molecular weight is 263 g/mol. The van der Waals surface area contributed by atoms with Crippen molar-refractivity contribution >= 4 is 0 Å². The molecule has 0 radical (unpaired) electrons. The van der Waals surface area contributed by atoms with E-state index < -0.39 is 0 Å². The van der Waals surface area contributed by atoms with Crippen molar-refractivity contribution in [2.45, 2.75) is 52.0 Å². The number of nitrogens with one attached hydrogen (secondary N) is 1. The zero-order valence-electron chi connectivity index (χ0n) is 12.2. The predicted octanol–water partition coefficient (Wildman–Crippen LogP) is 4.17. The molecule has 1 nitrogen and oxygen atoms in total. The fraction of sp³-hybridized carbons (Fsp3) is 0.647. The molecule has 1 N–H and O–H groups in total. The highest BCUT2D eigenvalue weighted by molar-refractivity contribution is 5.17. The van der Waals surface area contributed by atoms with E-state index in [1.54, 1.807) is 12.1 Å². The van der Waals surface area contributed by atoms with Gasteiger partial charge in [-0.15, -0.1) is 0 Å². The molecular formula is C17H26FN. The lowest BCUT2D eigenvalue weighted by Crippen LogP contribution is -2.40. The summed E-state index contributed by atoms with van der Waals surface area (Å²) >= 11 is 0. The molecule has 0 aliphatic heterocycles. The molecule has 3 atom stereocenters. The number of rotatable bonds is 5. The van der Waals surface area contributed by atoms with Crippen LogP contribution in [0.25, 0.3) is 0 Å². The van der Waals surface area contributed by atoms with E-state index >= 15 is 0 Å². The molecule has 2 rings (SSSR count). The highest BCUT2D eigenvalue weighted by Crippen LogP contribution is 2.31. The van der Waals surface area contributed by atoms with Gasteiger partial charge in [-0.05, 0) is 55.3 Å². The number of hydrogen-bond donors (Lipinski definition) is 1. The van der Waals surface area contributed by atoms with Crippen molar-refractivity contribution in [3.05, 3.63) is 35.6 Å². The fourth-order valence-corrected chi connectivity index (χ4v) is 3.39. The summed E-state index contributed by atoms with van der Waals surface area (Å²) in [5.41, 5.74) is 1.24. The molecule has 1 aliphatic carbocycles. The normalized spacial score (nSPS) is 25.2. The summed E-state index contributed by atoms with van der Waals surface area (Å²) in [7, 11) is 0. The van der Waals surface area contributed by atoms with E-state index in [-0.39, 0.29) is 5.82 Å². The zero-order chi connectivity index (χ0) is 13.7. The quantitative estimate of drug-likeness (QED) is 0.840. The molecule has 1 saturated carbocycles. The maximum Gasteiger partial charge on any atom is 0.123 e. The second-order valence-corrected chi connectivity index (χ2v) is 6.03. The van der Waals surface area contributed by atoms with Crippen LogP contribution in [0.1, 0.15) is 45.1 Å². The minimum absolute atomic E-state index is 0.143. The van der Waals surface area contributed by atoms with E-state index in [1.165, 1.54) is 31.2 Å². The van der Waals surface area contributed by atoms with Gasteiger partial charge in [0.1, 0.15) is 5.82 Å². The summed E-state index contributed by atoms with van der Waals surface area (Å²) in [6.45, 7) is 5.55. The van der Waals surface area contributed by atoms with E-state index in [4.69, 9.17) is 0 Å². The van der Waals surface area contributed by atoms with Gasteiger partial charge in [0.05, 0.1) is 0 Å². The van der Waals surface area contributed by atoms with Crippen molar-refractivity contribution in [2.75, 3.05) is 6.54 Å². The number of benzene rings is 1. The third kappa shape index (κ3) is 4.31. The van der Waals surface area contributed by atoms with Crippen LogP contribution in [0.5, 0.6) is 0 Å². The number of hydrogen-bond acceptors (Lipinski definition) is 1. The van der Waals surface area contributed by atoms with Gasteiger partial charge in [0.2, 0.25) is 0 Å². The Labute approximate surface area is 116 Å². The summed E-state index contributed by atoms with van der Waals surface area (Å²) < 4.78 is 13.0. The van der Waals surface area contributed by atoms with Gasteiger partial charge >= 0.3 is 0 Å². The number of likely N-dealkylation sites (N-methyl/N-ethyl adjacent to an activating group) is 1. The highest BCUT2D eigenvalue weighted by Gasteiger charge is 2.26. The molecule has 19 heavy (non-hydrogen) atoms. The van der Waals surface area contributed by atoms with Crippen LogP contribution in [0.15, 0.2) is 24.3 Å². The maximum absolute atomic E-state index is 13.0. The van der Waals surface area contributed by atoms with Crippen molar-refractivity contribution in [3.63, 3.8) is 0 Å². The van der Waals surface area contributed by atoms with Crippen LogP contribution in [-0.2, 0) is 6.42 Å². The summed E-state index contributed by atoms with van der Waals surface area (Å²) in [6, 6.07) is 7.53. The standard InChI is InChI=1S/C17H26FN/c1-3-19-17(15-6-4-5-13(2)11-15)12-14-7-9-16(18)10-8-14/h7-10,13,15,17,19H,3-6,11-12H2,1-2H3. The molecule has 1 fully saturated rings. The van der Waals surface area contributed by atoms with Crippen LogP contribution >= 0.6 is 0 Å². The van der Waals surface area contributed by atoms with Crippen molar-refractivity contribution in [3.8, 4) is 0 Å². The summed E-state index contributed by atoms with van der Waals surface area (Å²) in [4.78, 5) is 0. The smallest absolute Gasteiger partial charge is 0.123 e. The van der Waals surface area contributed by atoms with E-state index in [0.29, 0.717) is 6.04 Å².